The van der Waals surface area contributed by atoms with E-state index in [-0.39, 0.29) is 5.56 Å². The third-order valence-corrected chi connectivity index (χ3v) is 3.00. The van der Waals surface area contributed by atoms with Gasteiger partial charge in [0.2, 0.25) is 0 Å². The Labute approximate surface area is 85.4 Å². The second-order valence-corrected chi connectivity index (χ2v) is 4.11. The number of hydrogen-bond donors (Lipinski definition) is 1. The average molecular weight is 209 g/mol. The average Bonchev–Trinajstić information content (AvgIpc) is 2.60. The molecule has 2 aromatic heterocycles. The second kappa shape index (κ2) is 3.09. The van der Waals surface area contributed by atoms with Gasteiger partial charge in [-0.2, -0.15) is 4.37 Å². The van der Waals surface area contributed by atoms with E-state index in [1.807, 2.05) is 19.9 Å². The molecule has 0 saturated heterocycles. The zero-order valence-corrected chi connectivity index (χ0v) is 9.10. The highest BCUT2D eigenvalue weighted by molar-refractivity contribution is 7.09. The summed E-state index contributed by atoms with van der Waals surface area (Å²) in [5, 5.41) is 2.97. The van der Waals surface area contributed by atoms with Crippen LogP contribution in [0.2, 0.25) is 0 Å². The fourth-order valence-corrected chi connectivity index (χ4v) is 2.31. The highest BCUT2D eigenvalue weighted by Crippen LogP contribution is 2.23. The molecule has 2 heterocycles. The molecule has 0 amide bonds. The van der Waals surface area contributed by atoms with E-state index in [9.17, 15) is 4.79 Å². The summed E-state index contributed by atoms with van der Waals surface area (Å²) in [5.41, 5.74) is 2.58. The van der Waals surface area contributed by atoms with Crippen LogP contribution < -0.4 is 5.56 Å². The fraction of sp³-hybridized carbons (Fsp3) is 0.333. The van der Waals surface area contributed by atoms with E-state index in [0.717, 1.165) is 21.8 Å². The van der Waals surface area contributed by atoms with Crippen LogP contribution in [0.5, 0.6) is 0 Å². The lowest BCUT2D eigenvalue weighted by Gasteiger charge is -1.88. The van der Waals surface area contributed by atoms with Gasteiger partial charge < -0.3 is 0 Å². The molecule has 0 aromatic carbocycles. The molecule has 0 aliphatic rings. The number of rotatable bonds is 1. The van der Waals surface area contributed by atoms with Crippen molar-refractivity contribution >= 4 is 11.5 Å². The monoisotopic (exact) mass is 209 g/mol. The largest absolute Gasteiger partial charge is 0.300 e. The maximum atomic E-state index is 11.7. The number of nitrogens with zero attached hydrogens (tertiary/aromatic N) is 2. The van der Waals surface area contributed by atoms with Crippen molar-refractivity contribution in [3.63, 3.8) is 0 Å². The molecule has 0 radical (unpaired) electrons. The number of hydrogen-bond acceptors (Lipinski definition) is 3. The molecule has 2 rings (SSSR count). The van der Waals surface area contributed by atoms with Gasteiger partial charge in [-0.15, -0.1) is 0 Å². The number of aromatic nitrogens is 3. The number of aryl methyl sites for hydroxylation is 3. The molecule has 0 atom stereocenters. The predicted octanol–water partition coefficient (Wildman–Crippen LogP) is 1.45. The fourth-order valence-electron chi connectivity index (χ4n) is 1.46. The van der Waals surface area contributed by atoms with Gasteiger partial charge >= 0.3 is 0 Å². The van der Waals surface area contributed by atoms with Crippen molar-refractivity contribution < 1.29 is 0 Å². The highest BCUT2D eigenvalue weighted by atomic mass is 32.1. The third-order valence-electron chi connectivity index (χ3n) is 2.10. The molecule has 4 nitrogen and oxygen atoms in total. The Morgan fingerprint density at radius 3 is 2.64 bits per heavy atom. The van der Waals surface area contributed by atoms with E-state index in [4.69, 9.17) is 0 Å². The van der Waals surface area contributed by atoms with E-state index < -0.39 is 0 Å². The second-order valence-electron chi connectivity index (χ2n) is 3.31. The minimum atomic E-state index is 0.00569. The third kappa shape index (κ3) is 1.29. The van der Waals surface area contributed by atoms with Crippen LogP contribution in [0.25, 0.3) is 10.4 Å². The van der Waals surface area contributed by atoms with E-state index in [1.54, 1.807) is 7.05 Å². The van der Waals surface area contributed by atoms with Crippen LogP contribution in [-0.2, 0) is 7.05 Å². The van der Waals surface area contributed by atoms with E-state index in [2.05, 4.69) is 9.47 Å². The Hall–Kier alpha value is -1.36. The van der Waals surface area contributed by atoms with Crippen LogP contribution in [0.1, 0.15) is 11.4 Å². The summed E-state index contributed by atoms with van der Waals surface area (Å²) in [6.07, 6.45) is 0. The summed E-state index contributed by atoms with van der Waals surface area (Å²) < 4.78 is 5.65. The normalized spacial score (nSPS) is 10.8. The van der Waals surface area contributed by atoms with Crippen molar-refractivity contribution in [2.45, 2.75) is 13.8 Å². The molecular formula is C9H11N3OS. The summed E-state index contributed by atoms with van der Waals surface area (Å²) in [5.74, 6) is 0. The van der Waals surface area contributed by atoms with Gasteiger partial charge in [-0.1, -0.05) is 0 Å². The van der Waals surface area contributed by atoms with Gasteiger partial charge in [0.1, 0.15) is 0 Å². The quantitative estimate of drug-likeness (QED) is 0.773. The Kier molecular flexibility index (Phi) is 2.03. The molecule has 2 aromatic rings. The van der Waals surface area contributed by atoms with Gasteiger partial charge in [-0.3, -0.25) is 14.6 Å². The summed E-state index contributed by atoms with van der Waals surface area (Å²) in [7, 11) is 1.72. The maximum Gasteiger partial charge on any atom is 0.275 e. The van der Waals surface area contributed by atoms with Crippen LogP contribution in [0.3, 0.4) is 0 Å². The van der Waals surface area contributed by atoms with Gasteiger partial charge in [-0.25, -0.2) is 0 Å². The summed E-state index contributed by atoms with van der Waals surface area (Å²) >= 11 is 1.36. The molecule has 0 saturated carbocycles. The van der Waals surface area contributed by atoms with Crippen molar-refractivity contribution in [2.24, 2.45) is 7.05 Å². The van der Waals surface area contributed by atoms with E-state index in [0.29, 0.717) is 0 Å². The van der Waals surface area contributed by atoms with Gasteiger partial charge in [-0.05, 0) is 31.4 Å². The lowest BCUT2D eigenvalue weighted by atomic mass is 10.2. The number of H-pyrrole nitrogens is 1. The van der Waals surface area contributed by atoms with Crippen molar-refractivity contribution in [3.05, 3.63) is 27.8 Å². The van der Waals surface area contributed by atoms with E-state index >= 15 is 0 Å². The maximum absolute atomic E-state index is 11.7. The smallest absolute Gasteiger partial charge is 0.275 e. The van der Waals surface area contributed by atoms with Crippen LogP contribution in [0.4, 0.5) is 0 Å². The Bertz CT molecular complexity index is 520. The molecule has 0 aliphatic carbocycles. The molecule has 0 fully saturated rings. The Morgan fingerprint density at radius 1 is 1.50 bits per heavy atom. The van der Waals surface area contributed by atoms with Gasteiger partial charge in [0.25, 0.3) is 5.56 Å². The van der Waals surface area contributed by atoms with Gasteiger partial charge in [0.05, 0.1) is 16.1 Å². The minimum absolute atomic E-state index is 0.00569. The number of aromatic amines is 1. The Balaban J connectivity index is 2.67. The molecule has 0 bridgehead atoms. The van der Waals surface area contributed by atoms with Gasteiger partial charge in [0, 0.05) is 12.7 Å². The van der Waals surface area contributed by atoms with Crippen molar-refractivity contribution in [1.29, 1.82) is 0 Å². The van der Waals surface area contributed by atoms with E-state index in [1.165, 1.54) is 16.2 Å². The molecule has 14 heavy (non-hydrogen) atoms. The standard InChI is InChI=1S/C9H11N3OS/c1-5-4-7(14-11-5)8-6(2)10-12(3)9(8)13/h4,10H,1-3H3. The summed E-state index contributed by atoms with van der Waals surface area (Å²) in [6, 6.07) is 1.93. The molecule has 74 valence electrons. The molecule has 5 heteroatoms. The van der Waals surface area contributed by atoms with Gasteiger partial charge in [0.15, 0.2) is 0 Å². The van der Waals surface area contributed by atoms with Crippen LogP contribution in [0.15, 0.2) is 10.9 Å². The van der Waals surface area contributed by atoms with Crippen molar-refractivity contribution in [1.82, 2.24) is 14.2 Å². The topological polar surface area (TPSA) is 50.7 Å². The minimum Gasteiger partial charge on any atom is -0.300 e. The molecular weight excluding hydrogens is 198 g/mol. The lowest BCUT2D eigenvalue weighted by molar-refractivity contribution is 0.731. The van der Waals surface area contributed by atoms with Crippen LogP contribution in [0, 0.1) is 13.8 Å². The zero-order valence-electron chi connectivity index (χ0n) is 8.29. The zero-order chi connectivity index (χ0) is 10.3. The lowest BCUT2D eigenvalue weighted by Crippen LogP contribution is -2.12. The van der Waals surface area contributed by atoms with Crippen LogP contribution >= 0.6 is 11.5 Å². The van der Waals surface area contributed by atoms with Crippen LogP contribution in [-0.4, -0.2) is 14.2 Å². The SMILES string of the molecule is Cc1cc(-c2c(C)[nH]n(C)c2=O)sn1. The first kappa shape index (κ1) is 9.21. The molecule has 0 spiro atoms. The predicted molar refractivity (Wildman–Crippen MR) is 56.6 cm³/mol. The first-order valence-electron chi connectivity index (χ1n) is 4.29. The summed E-state index contributed by atoms with van der Waals surface area (Å²) in [6.45, 7) is 3.82. The van der Waals surface area contributed by atoms with Crippen molar-refractivity contribution in [3.8, 4) is 10.4 Å². The molecule has 0 aliphatic heterocycles. The first-order chi connectivity index (χ1) is 6.59. The highest BCUT2D eigenvalue weighted by Gasteiger charge is 2.13. The van der Waals surface area contributed by atoms with Crippen molar-refractivity contribution in [2.75, 3.05) is 0 Å². The molecule has 0 unspecified atom stereocenters. The first-order valence-corrected chi connectivity index (χ1v) is 5.06. The molecule has 1 N–H and O–H groups in total. The Morgan fingerprint density at radius 2 is 2.21 bits per heavy atom. The number of nitrogens with one attached hydrogen (secondary N) is 1. The summed E-state index contributed by atoms with van der Waals surface area (Å²) in [4.78, 5) is 12.6.